The first-order chi connectivity index (χ1) is 9.94. The van der Waals surface area contributed by atoms with E-state index < -0.39 is 0 Å². The first kappa shape index (κ1) is 16.0. The molecular formula is C16H22BrN3O. The number of rotatable bonds is 6. The molecule has 1 heterocycles. The van der Waals surface area contributed by atoms with Crippen molar-refractivity contribution in [2.24, 2.45) is 0 Å². The highest BCUT2D eigenvalue weighted by molar-refractivity contribution is 9.10. The zero-order valence-corrected chi connectivity index (χ0v) is 14.4. The number of nitrogens with zero attached hydrogens (tertiary/aromatic N) is 2. The molecule has 2 aromatic rings. The molecule has 1 aromatic heterocycles. The summed E-state index contributed by atoms with van der Waals surface area (Å²) < 4.78 is 8.78. The molecule has 1 aromatic carbocycles. The molecule has 0 bridgehead atoms. The van der Waals surface area contributed by atoms with Gasteiger partial charge in [0.25, 0.3) is 0 Å². The van der Waals surface area contributed by atoms with E-state index in [9.17, 15) is 0 Å². The van der Waals surface area contributed by atoms with Crippen LogP contribution < -0.4 is 10.1 Å². The van der Waals surface area contributed by atoms with Crippen LogP contribution in [0.4, 0.5) is 0 Å². The highest BCUT2D eigenvalue weighted by atomic mass is 79.9. The molecule has 0 saturated heterocycles. The second-order valence-corrected chi connectivity index (χ2v) is 6.87. The van der Waals surface area contributed by atoms with E-state index in [1.165, 1.54) is 5.56 Å². The Morgan fingerprint density at radius 2 is 2.14 bits per heavy atom. The molecule has 0 unspecified atom stereocenters. The lowest BCUT2D eigenvalue weighted by molar-refractivity contribution is 0.296. The van der Waals surface area contributed by atoms with E-state index in [1.807, 2.05) is 16.8 Å². The highest BCUT2D eigenvalue weighted by Gasteiger charge is 2.09. The van der Waals surface area contributed by atoms with Crippen molar-refractivity contribution >= 4 is 15.9 Å². The summed E-state index contributed by atoms with van der Waals surface area (Å²) >= 11 is 3.57. The van der Waals surface area contributed by atoms with Gasteiger partial charge in [-0.25, -0.2) is 4.98 Å². The van der Waals surface area contributed by atoms with Gasteiger partial charge in [-0.2, -0.15) is 0 Å². The van der Waals surface area contributed by atoms with Crippen LogP contribution in [0.25, 0.3) is 0 Å². The predicted molar refractivity (Wildman–Crippen MR) is 88.5 cm³/mol. The number of benzene rings is 1. The normalized spacial score (nSPS) is 11.6. The molecule has 5 heteroatoms. The van der Waals surface area contributed by atoms with Gasteiger partial charge in [0.2, 0.25) is 0 Å². The monoisotopic (exact) mass is 351 g/mol. The number of aromatic nitrogens is 2. The quantitative estimate of drug-likeness (QED) is 0.863. The van der Waals surface area contributed by atoms with E-state index in [0.717, 1.165) is 23.3 Å². The van der Waals surface area contributed by atoms with Crippen LogP contribution in [0.5, 0.6) is 5.75 Å². The van der Waals surface area contributed by atoms with Crippen molar-refractivity contribution < 1.29 is 4.74 Å². The van der Waals surface area contributed by atoms with Crippen molar-refractivity contribution in [3.63, 3.8) is 0 Å². The third kappa shape index (κ3) is 5.52. The Labute approximate surface area is 134 Å². The predicted octanol–water partition coefficient (Wildman–Crippen LogP) is 3.61. The van der Waals surface area contributed by atoms with Crippen LogP contribution in [-0.2, 0) is 13.1 Å². The van der Waals surface area contributed by atoms with Crippen LogP contribution in [0, 0.1) is 0 Å². The number of ether oxygens (including phenoxy) is 1. The molecule has 0 fully saturated rings. The van der Waals surface area contributed by atoms with E-state index in [-0.39, 0.29) is 5.54 Å². The van der Waals surface area contributed by atoms with Crippen molar-refractivity contribution in [1.29, 1.82) is 0 Å². The molecule has 0 spiro atoms. The smallest absolute Gasteiger partial charge is 0.133 e. The second kappa shape index (κ2) is 7.09. The van der Waals surface area contributed by atoms with Crippen molar-refractivity contribution in [3.05, 3.63) is 47.0 Å². The van der Waals surface area contributed by atoms with Crippen LogP contribution in [-0.4, -0.2) is 21.7 Å². The Morgan fingerprint density at radius 1 is 1.33 bits per heavy atom. The lowest BCUT2D eigenvalue weighted by atomic mass is 10.1. The summed E-state index contributed by atoms with van der Waals surface area (Å²) in [6, 6.07) is 6.21. The number of hydrogen-bond acceptors (Lipinski definition) is 3. The van der Waals surface area contributed by atoms with Crippen molar-refractivity contribution in [3.8, 4) is 5.75 Å². The van der Waals surface area contributed by atoms with E-state index >= 15 is 0 Å². The summed E-state index contributed by atoms with van der Waals surface area (Å²) in [5.74, 6) is 0.870. The molecule has 0 atom stereocenters. The Bertz CT molecular complexity index is 561. The fourth-order valence-corrected chi connectivity index (χ4v) is 2.36. The minimum atomic E-state index is 0.118. The minimum absolute atomic E-state index is 0.118. The fraction of sp³-hybridized carbons (Fsp3) is 0.438. The van der Waals surface area contributed by atoms with Gasteiger partial charge in [-0.05, 0) is 54.4 Å². The zero-order valence-electron chi connectivity index (χ0n) is 12.8. The van der Waals surface area contributed by atoms with Crippen molar-refractivity contribution in [2.45, 2.75) is 39.4 Å². The average molecular weight is 352 g/mol. The summed E-state index contributed by atoms with van der Waals surface area (Å²) in [5, 5.41) is 3.47. The zero-order chi connectivity index (χ0) is 15.3. The van der Waals surface area contributed by atoms with Crippen LogP contribution >= 0.6 is 15.9 Å². The van der Waals surface area contributed by atoms with Crippen molar-refractivity contribution in [1.82, 2.24) is 14.9 Å². The van der Waals surface area contributed by atoms with E-state index in [0.29, 0.717) is 6.61 Å². The van der Waals surface area contributed by atoms with Crippen LogP contribution in [0.2, 0.25) is 0 Å². The molecule has 0 aliphatic heterocycles. The third-order valence-electron chi connectivity index (χ3n) is 2.99. The lowest BCUT2D eigenvalue weighted by Crippen LogP contribution is -2.35. The lowest BCUT2D eigenvalue weighted by Gasteiger charge is -2.20. The van der Waals surface area contributed by atoms with Crippen molar-refractivity contribution in [2.75, 3.05) is 6.61 Å². The molecule has 0 aliphatic rings. The summed E-state index contributed by atoms with van der Waals surface area (Å²) in [4.78, 5) is 4.01. The molecule has 21 heavy (non-hydrogen) atoms. The largest absolute Gasteiger partial charge is 0.491 e. The van der Waals surface area contributed by atoms with Gasteiger partial charge in [0, 0.05) is 24.5 Å². The highest BCUT2D eigenvalue weighted by Crippen LogP contribution is 2.26. The Kier molecular flexibility index (Phi) is 5.42. The molecule has 0 radical (unpaired) electrons. The van der Waals surface area contributed by atoms with E-state index in [4.69, 9.17) is 4.74 Å². The molecule has 0 saturated carbocycles. The number of nitrogens with one attached hydrogen (secondary N) is 1. The van der Waals surface area contributed by atoms with Gasteiger partial charge >= 0.3 is 0 Å². The molecular weight excluding hydrogens is 330 g/mol. The van der Waals surface area contributed by atoms with Gasteiger partial charge in [-0.1, -0.05) is 6.07 Å². The summed E-state index contributed by atoms with van der Waals surface area (Å²) in [5.41, 5.74) is 1.35. The summed E-state index contributed by atoms with van der Waals surface area (Å²) in [7, 11) is 0. The Hall–Kier alpha value is -1.33. The second-order valence-electron chi connectivity index (χ2n) is 6.02. The van der Waals surface area contributed by atoms with Crippen LogP contribution in [0.1, 0.15) is 26.3 Å². The van der Waals surface area contributed by atoms with Gasteiger partial charge in [0.1, 0.15) is 12.4 Å². The molecule has 114 valence electrons. The van der Waals surface area contributed by atoms with Gasteiger partial charge in [0.05, 0.1) is 17.3 Å². The number of halogens is 1. The Morgan fingerprint density at radius 3 is 2.76 bits per heavy atom. The van der Waals surface area contributed by atoms with Gasteiger partial charge < -0.3 is 14.6 Å². The number of hydrogen-bond donors (Lipinski definition) is 1. The van der Waals surface area contributed by atoms with Gasteiger partial charge in [-0.15, -0.1) is 0 Å². The maximum absolute atomic E-state index is 5.79. The van der Waals surface area contributed by atoms with Gasteiger partial charge in [0.15, 0.2) is 0 Å². The maximum Gasteiger partial charge on any atom is 0.133 e. The van der Waals surface area contributed by atoms with Gasteiger partial charge in [-0.3, -0.25) is 0 Å². The van der Waals surface area contributed by atoms with Crippen LogP contribution in [0.3, 0.4) is 0 Å². The third-order valence-corrected chi connectivity index (χ3v) is 3.61. The first-order valence-corrected chi connectivity index (χ1v) is 7.85. The average Bonchev–Trinajstić information content (AvgIpc) is 2.91. The van der Waals surface area contributed by atoms with E-state index in [1.54, 1.807) is 12.5 Å². The maximum atomic E-state index is 5.79. The van der Waals surface area contributed by atoms with Crippen LogP contribution in [0.15, 0.2) is 41.4 Å². The molecule has 0 amide bonds. The van der Waals surface area contributed by atoms with E-state index in [2.05, 4.69) is 59.1 Å². The topological polar surface area (TPSA) is 39.1 Å². The Balaban J connectivity index is 1.86. The molecule has 1 N–H and O–H groups in total. The molecule has 0 aliphatic carbocycles. The number of imidazole rings is 1. The molecule has 4 nitrogen and oxygen atoms in total. The first-order valence-electron chi connectivity index (χ1n) is 7.06. The summed E-state index contributed by atoms with van der Waals surface area (Å²) in [6.07, 6.45) is 5.49. The standard InChI is InChI=1S/C16H22BrN3O/c1-16(2,3)19-11-13-4-5-15(14(17)10-13)21-9-8-20-7-6-18-12-20/h4-7,10,12,19H,8-9,11H2,1-3H3. The fourth-order valence-electron chi connectivity index (χ4n) is 1.82. The minimum Gasteiger partial charge on any atom is -0.491 e. The summed E-state index contributed by atoms with van der Waals surface area (Å²) in [6.45, 7) is 8.74. The SMILES string of the molecule is CC(C)(C)NCc1ccc(OCCn2ccnc2)c(Br)c1. The molecule has 2 rings (SSSR count).